The van der Waals surface area contributed by atoms with Crippen LogP contribution in [0.1, 0.15) is 38.2 Å². The van der Waals surface area contributed by atoms with Gasteiger partial charge in [0.15, 0.2) is 0 Å². The molecule has 1 aromatic rings. The molecule has 1 aromatic carbocycles. The molecule has 0 aromatic heterocycles. The lowest BCUT2D eigenvalue weighted by atomic mass is 10.1. The summed E-state index contributed by atoms with van der Waals surface area (Å²) in [6, 6.07) is 6.04. The van der Waals surface area contributed by atoms with Crippen molar-refractivity contribution >= 4 is 5.69 Å². The van der Waals surface area contributed by atoms with E-state index in [0.29, 0.717) is 5.75 Å². The first-order valence-electron chi connectivity index (χ1n) is 6.52. The quantitative estimate of drug-likeness (QED) is 0.588. The van der Waals surface area contributed by atoms with Crippen LogP contribution in [0.2, 0.25) is 0 Å². The summed E-state index contributed by atoms with van der Waals surface area (Å²) in [7, 11) is 0. The first kappa shape index (κ1) is 12.2. The van der Waals surface area contributed by atoms with Crippen LogP contribution in [-0.4, -0.2) is 22.6 Å². The number of hydrogen-bond donors (Lipinski definition) is 2. The van der Waals surface area contributed by atoms with Gasteiger partial charge in [0, 0.05) is 23.8 Å². The smallest absolute Gasteiger partial charge is 0.120 e. The van der Waals surface area contributed by atoms with Crippen molar-refractivity contribution in [3.05, 3.63) is 23.8 Å². The molecule has 0 spiro atoms. The van der Waals surface area contributed by atoms with Crippen LogP contribution in [0.3, 0.4) is 0 Å². The summed E-state index contributed by atoms with van der Waals surface area (Å²) in [4.78, 5) is 2.47. The second-order valence-electron chi connectivity index (χ2n) is 4.94. The largest absolute Gasteiger partial charge is 0.508 e. The van der Waals surface area contributed by atoms with Crippen molar-refractivity contribution in [2.75, 3.05) is 12.3 Å². The molecule has 2 rings (SSSR count). The minimum atomic E-state index is 0.362. The van der Waals surface area contributed by atoms with Crippen molar-refractivity contribution in [3.8, 4) is 5.75 Å². The van der Waals surface area contributed by atoms with Crippen LogP contribution >= 0.6 is 0 Å². The van der Waals surface area contributed by atoms with Gasteiger partial charge in [-0.2, -0.15) is 0 Å². The van der Waals surface area contributed by atoms with E-state index in [2.05, 4.69) is 11.8 Å². The number of phenolic OH excluding ortho intramolecular Hbond substituents is 1. The van der Waals surface area contributed by atoms with Crippen molar-refractivity contribution in [2.24, 2.45) is 0 Å². The maximum absolute atomic E-state index is 9.83. The van der Waals surface area contributed by atoms with Gasteiger partial charge < -0.3 is 10.8 Å². The van der Waals surface area contributed by atoms with Gasteiger partial charge in [-0.25, -0.2) is 0 Å². The number of nitrogens with two attached hydrogens (primary N) is 1. The molecule has 0 bridgehead atoms. The summed E-state index contributed by atoms with van der Waals surface area (Å²) in [5.74, 6) is 0.362. The Labute approximate surface area is 103 Å². The molecular weight excluding hydrogens is 212 g/mol. The molecule has 0 amide bonds. The van der Waals surface area contributed by atoms with Crippen molar-refractivity contribution in [1.29, 1.82) is 0 Å². The van der Waals surface area contributed by atoms with E-state index >= 15 is 0 Å². The average Bonchev–Trinajstić information content (AvgIpc) is 3.13. The van der Waals surface area contributed by atoms with Crippen LogP contribution in [0.4, 0.5) is 5.69 Å². The zero-order chi connectivity index (χ0) is 12.3. The molecule has 1 saturated carbocycles. The number of phenols is 1. The fourth-order valence-electron chi connectivity index (χ4n) is 2.14. The minimum Gasteiger partial charge on any atom is -0.508 e. The van der Waals surface area contributed by atoms with Gasteiger partial charge in [0.1, 0.15) is 5.75 Å². The predicted octanol–water partition coefficient (Wildman–Crippen LogP) is 2.74. The van der Waals surface area contributed by atoms with Gasteiger partial charge in [0.05, 0.1) is 0 Å². The Morgan fingerprint density at radius 1 is 1.41 bits per heavy atom. The van der Waals surface area contributed by atoms with Crippen LogP contribution < -0.4 is 5.73 Å². The fourth-order valence-corrected chi connectivity index (χ4v) is 2.14. The summed E-state index contributed by atoms with van der Waals surface area (Å²) < 4.78 is 0. The highest BCUT2D eigenvalue weighted by molar-refractivity contribution is 5.47. The summed E-state index contributed by atoms with van der Waals surface area (Å²) >= 11 is 0. The number of nitrogen functional groups attached to an aromatic ring is 1. The molecule has 94 valence electrons. The number of anilines is 1. The van der Waals surface area contributed by atoms with Crippen LogP contribution in [-0.2, 0) is 6.54 Å². The lowest BCUT2D eigenvalue weighted by Crippen LogP contribution is -2.26. The molecule has 0 radical (unpaired) electrons. The van der Waals surface area contributed by atoms with Crippen LogP contribution in [0, 0.1) is 0 Å². The third-order valence-electron chi connectivity index (χ3n) is 3.34. The topological polar surface area (TPSA) is 49.5 Å². The number of aromatic hydroxyl groups is 1. The normalized spacial score (nSPS) is 15.4. The van der Waals surface area contributed by atoms with Gasteiger partial charge in [-0.3, -0.25) is 4.90 Å². The molecule has 0 heterocycles. The Bertz CT molecular complexity index is 374. The van der Waals surface area contributed by atoms with E-state index in [9.17, 15) is 5.11 Å². The average molecular weight is 234 g/mol. The molecule has 1 aliphatic carbocycles. The van der Waals surface area contributed by atoms with Gasteiger partial charge in [0.25, 0.3) is 0 Å². The van der Waals surface area contributed by atoms with E-state index in [1.54, 1.807) is 12.1 Å². The lowest BCUT2D eigenvalue weighted by Gasteiger charge is -2.22. The van der Waals surface area contributed by atoms with Crippen molar-refractivity contribution in [1.82, 2.24) is 4.90 Å². The van der Waals surface area contributed by atoms with E-state index < -0.39 is 0 Å². The van der Waals surface area contributed by atoms with E-state index in [1.807, 2.05) is 6.07 Å². The number of hydrogen-bond acceptors (Lipinski definition) is 3. The van der Waals surface area contributed by atoms with Crippen molar-refractivity contribution in [3.63, 3.8) is 0 Å². The Kier molecular flexibility index (Phi) is 3.89. The highest BCUT2D eigenvalue weighted by Gasteiger charge is 2.28. The van der Waals surface area contributed by atoms with Gasteiger partial charge in [-0.1, -0.05) is 13.3 Å². The SMILES string of the molecule is CCCCN(Cc1cc(N)ccc1O)C1CC1. The summed E-state index contributed by atoms with van der Waals surface area (Å²) in [6.07, 6.45) is 5.03. The Morgan fingerprint density at radius 2 is 2.18 bits per heavy atom. The molecule has 3 heteroatoms. The van der Waals surface area contributed by atoms with Gasteiger partial charge >= 0.3 is 0 Å². The molecule has 0 saturated heterocycles. The molecular formula is C14H22N2O. The summed E-state index contributed by atoms with van der Waals surface area (Å²) in [6.45, 7) is 4.15. The first-order chi connectivity index (χ1) is 8.20. The number of benzene rings is 1. The van der Waals surface area contributed by atoms with Gasteiger partial charge in [-0.05, 0) is 44.0 Å². The Balaban J connectivity index is 2.03. The van der Waals surface area contributed by atoms with E-state index in [1.165, 1.54) is 25.7 Å². The zero-order valence-corrected chi connectivity index (χ0v) is 10.5. The monoisotopic (exact) mass is 234 g/mol. The molecule has 3 N–H and O–H groups in total. The summed E-state index contributed by atoms with van der Waals surface area (Å²) in [5.41, 5.74) is 7.44. The molecule has 0 atom stereocenters. The Morgan fingerprint density at radius 3 is 2.82 bits per heavy atom. The number of nitrogens with zero attached hydrogens (tertiary/aromatic N) is 1. The fraction of sp³-hybridized carbons (Fsp3) is 0.571. The maximum atomic E-state index is 9.83. The molecule has 1 fully saturated rings. The third-order valence-corrected chi connectivity index (χ3v) is 3.34. The molecule has 1 aliphatic rings. The van der Waals surface area contributed by atoms with Crippen molar-refractivity contribution < 1.29 is 5.11 Å². The third kappa shape index (κ3) is 3.37. The summed E-state index contributed by atoms with van der Waals surface area (Å²) in [5, 5.41) is 9.83. The molecule has 0 unspecified atom stereocenters. The maximum Gasteiger partial charge on any atom is 0.120 e. The minimum absolute atomic E-state index is 0.362. The highest BCUT2D eigenvalue weighted by atomic mass is 16.3. The lowest BCUT2D eigenvalue weighted by molar-refractivity contribution is 0.247. The zero-order valence-electron chi connectivity index (χ0n) is 10.5. The van der Waals surface area contributed by atoms with E-state index in [4.69, 9.17) is 5.73 Å². The van der Waals surface area contributed by atoms with Crippen LogP contribution in [0.5, 0.6) is 5.75 Å². The van der Waals surface area contributed by atoms with Crippen molar-refractivity contribution in [2.45, 2.75) is 45.2 Å². The standard InChI is InChI=1S/C14H22N2O/c1-2-3-8-16(13-5-6-13)10-11-9-12(15)4-7-14(11)17/h4,7,9,13,17H,2-3,5-6,8,10,15H2,1H3. The highest BCUT2D eigenvalue weighted by Crippen LogP contribution is 2.30. The van der Waals surface area contributed by atoms with E-state index in [-0.39, 0.29) is 0 Å². The predicted molar refractivity (Wildman–Crippen MR) is 70.9 cm³/mol. The van der Waals surface area contributed by atoms with Crippen LogP contribution in [0.15, 0.2) is 18.2 Å². The molecule has 3 nitrogen and oxygen atoms in total. The van der Waals surface area contributed by atoms with Gasteiger partial charge in [0.2, 0.25) is 0 Å². The number of rotatable bonds is 6. The number of unbranched alkanes of at least 4 members (excludes halogenated alkanes) is 1. The van der Waals surface area contributed by atoms with Gasteiger partial charge in [-0.15, -0.1) is 0 Å². The molecule has 17 heavy (non-hydrogen) atoms. The second-order valence-corrected chi connectivity index (χ2v) is 4.94. The Hall–Kier alpha value is -1.22. The van der Waals surface area contributed by atoms with Crippen LogP contribution in [0.25, 0.3) is 0 Å². The molecule has 0 aliphatic heterocycles. The van der Waals surface area contributed by atoms with E-state index in [0.717, 1.165) is 30.4 Å². The first-order valence-corrected chi connectivity index (χ1v) is 6.52. The second kappa shape index (κ2) is 5.41.